The molecule has 0 radical (unpaired) electrons. The molecule has 2 atom stereocenters. The van der Waals surface area contributed by atoms with E-state index in [0.717, 1.165) is 29.9 Å². The lowest BCUT2D eigenvalue weighted by Gasteiger charge is -2.36. The van der Waals surface area contributed by atoms with Crippen molar-refractivity contribution in [1.82, 2.24) is 9.80 Å². The minimum Gasteiger partial charge on any atom is -0.497 e. The van der Waals surface area contributed by atoms with Crippen molar-refractivity contribution >= 4 is 17.5 Å². The highest BCUT2D eigenvalue weighted by Gasteiger charge is 2.36. The molecule has 150 valence electrons. The van der Waals surface area contributed by atoms with Crippen LogP contribution < -0.4 is 4.74 Å². The molecular formula is C20H25N3O5. The van der Waals surface area contributed by atoms with Gasteiger partial charge in [0.15, 0.2) is 0 Å². The summed E-state index contributed by atoms with van der Waals surface area (Å²) in [5.41, 5.74) is 1.68. The second-order valence-electron chi connectivity index (χ2n) is 7.22. The summed E-state index contributed by atoms with van der Waals surface area (Å²) in [6, 6.07) is 7.53. The molecule has 8 heteroatoms. The number of oxime groups is 1. The monoisotopic (exact) mass is 387 g/mol. The number of hydrogen-bond acceptors (Lipinski definition) is 6. The Morgan fingerprint density at radius 3 is 2.25 bits per heavy atom. The number of piperazine rings is 1. The minimum atomic E-state index is -0.600. The number of carbonyl (C=O) groups excluding carboxylic acids is 2. The molecule has 0 spiro atoms. The van der Waals surface area contributed by atoms with Crippen LogP contribution >= 0.6 is 0 Å². The quantitative estimate of drug-likeness (QED) is 0.771. The van der Waals surface area contributed by atoms with Crippen LogP contribution in [-0.4, -0.2) is 79.4 Å². The zero-order chi connectivity index (χ0) is 19.5. The van der Waals surface area contributed by atoms with E-state index in [1.54, 1.807) is 16.9 Å². The molecule has 8 nitrogen and oxygen atoms in total. The van der Waals surface area contributed by atoms with Gasteiger partial charge in [-0.05, 0) is 42.7 Å². The van der Waals surface area contributed by atoms with Crippen LogP contribution in [0.25, 0.3) is 0 Å². The molecule has 0 bridgehead atoms. The molecule has 1 aromatic rings. The number of amides is 2. The summed E-state index contributed by atoms with van der Waals surface area (Å²) < 4.78 is 10.6. The van der Waals surface area contributed by atoms with Crippen molar-refractivity contribution in [3.8, 4) is 5.75 Å². The van der Waals surface area contributed by atoms with Gasteiger partial charge >= 0.3 is 0 Å². The van der Waals surface area contributed by atoms with Gasteiger partial charge in [-0.15, -0.1) is 0 Å². The topological polar surface area (TPSA) is 80.7 Å². The Balaban J connectivity index is 1.28. The largest absolute Gasteiger partial charge is 0.497 e. The molecule has 2 unspecified atom stereocenters. The summed E-state index contributed by atoms with van der Waals surface area (Å²) in [5, 5.41) is 4.10. The number of rotatable bonds is 4. The second kappa shape index (κ2) is 8.18. The number of hydrogen-bond donors (Lipinski definition) is 0. The van der Waals surface area contributed by atoms with Gasteiger partial charge in [0.25, 0.3) is 11.8 Å². The van der Waals surface area contributed by atoms with Crippen LogP contribution in [0.4, 0.5) is 0 Å². The van der Waals surface area contributed by atoms with Crippen LogP contribution in [0.15, 0.2) is 29.4 Å². The molecule has 2 fully saturated rings. The third-order valence-electron chi connectivity index (χ3n) is 5.48. The number of nitrogens with zero attached hydrogens (tertiary/aromatic N) is 3. The van der Waals surface area contributed by atoms with Crippen molar-refractivity contribution in [2.24, 2.45) is 5.16 Å². The molecule has 3 heterocycles. The summed E-state index contributed by atoms with van der Waals surface area (Å²) >= 11 is 0. The highest BCUT2D eigenvalue weighted by Crippen LogP contribution is 2.22. The van der Waals surface area contributed by atoms with E-state index in [0.29, 0.717) is 39.2 Å². The van der Waals surface area contributed by atoms with Crippen molar-refractivity contribution in [2.45, 2.75) is 31.5 Å². The predicted octanol–water partition coefficient (Wildman–Crippen LogP) is 1.04. The highest BCUT2D eigenvalue weighted by atomic mass is 16.6. The number of benzene rings is 1. The van der Waals surface area contributed by atoms with Gasteiger partial charge in [0, 0.05) is 39.2 Å². The van der Waals surface area contributed by atoms with E-state index in [2.05, 4.69) is 5.16 Å². The number of carbonyl (C=O) groups is 2. The van der Waals surface area contributed by atoms with E-state index in [4.69, 9.17) is 14.3 Å². The maximum Gasteiger partial charge on any atom is 0.267 e. The summed E-state index contributed by atoms with van der Waals surface area (Å²) in [6.45, 7) is 2.74. The lowest BCUT2D eigenvalue weighted by molar-refractivity contribution is -0.150. The van der Waals surface area contributed by atoms with E-state index >= 15 is 0 Å². The Labute approximate surface area is 164 Å². The van der Waals surface area contributed by atoms with Crippen molar-refractivity contribution in [1.29, 1.82) is 0 Å². The van der Waals surface area contributed by atoms with E-state index in [1.165, 1.54) is 0 Å². The summed E-state index contributed by atoms with van der Waals surface area (Å²) in [5.74, 6) is 0.745. The maximum atomic E-state index is 12.8. The molecule has 4 rings (SSSR count). The Bertz CT molecular complexity index is 750. The van der Waals surface area contributed by atoms with Gasteiger partial charge in [0.2, 0.25) is 6.10 Å². The molecule has 28 heavy (non-hydrogen) atoms. The molecule has 0 aliphatic carbocycles. The van der Waals surface area contributed by atoms with Crippen LogP contribution in [0.3, 0.4) is 0 Å². The highest BCUT2D eigenvalue weighted by molar-refractivity contribution is 6.04. The van der Waals surface area contributed by atoms with Crippen molar-refractivity contribution in [2.75, 3.05) is 39.9 Å². The molecule has 3 aliphatic heterocycles. The van der Waals surface area contributed by atoms with E-state index in [1.807, 2.05) is 24.3 Å². The van der Waals surface area contributed by atoms with Crippen LogP contribution in [0.5, 0.6) is 5.75 Å². The van der Waals surface area contributed by atoms with Crippen LogP contribution in [0, 0.1) is 0 Å². The van der Waals surface area contributed by atoms with Gasteiger partial charge in [-0.1, -0.05) is 5.16 Å². The van der Waals surface area contributed by atoms with Crippen molar-refractivity contribution in [3.63, 3.8) is 0 Å². The van der Waals surface area contributed by atoms with Gasteiger partial charge < -0.3 is 24.1 Å². The van der Waals surface area contributed by atoms with E-state index in [9.17, 15) is 9.59 Å². The lowest BCUT2D eigenvalue weighted by atomic mass is 10.0. The zero-order valence-electron chi connectivity index (χ0n) is 16.0. The zero-order valence-corrected chi connectivity index (χ0v) is 16.0. The summed E-state index contributed by atoms with van der Waals surface area (Å²) in [7, 11) is 1.62. The van der Waals surface area contributed by atoms with Gasteiger partial charge in [-0.3, -0.25) is 9.59 Å². The molecule has 0 aromatic heterocycles. The van der Waals surface area contributed by atoms with Gasteiger partial charge in [-0.2, -0.15) is 0 Å². The van der Waals surface area contributed by atoms with Crippen LogP contribution in [0.2, 0.25) is 0 Å². The molecular weight excluding hydrogens is 362 g/mol. The predicted molar refractivity (Wildman–Crippen MR) is 101 cm³/mol. The SMILES string of the molecule is COc1ccc(C2=NOC(C(=O)N3CCN(C(=O)C4CCCO4)CC3)C2)cc1. The molecule has 0 N–H and O–H groups in total. The molecule has 2 amide bonds. The standard InChI is InChI=1S/C20H25N3O5/c1-26-15-6-4-14(5-7-15)16-13-18(28-21-16)20(25)23-10-8-22(9-11-23)19(24)17-3-2-12-27-17/h4-7,17-18H,2-3,8-13H2,1H3. The summed E-state index contributed by atoms with van der Waals surface area (Å²) in [6.07, 6.45) is 1.27. The third-order valence-corrected chi connectivity index (χ3v) is 5.48. The van der Waals surface area contributed by atoms with Gasteiger partial charge in [0.05, 0.1) is 12.8 Å². The number of methoxy groups -OCH3 is 1. The first-order chi connectivity index (χ1) is 13.7. The van der Waals surface area contributed by atoms with Gasteiger partial charge in [0.1, 0.15) is 11.9 Å². The first-order valence-electron chi connectivity index (χ1n) is 9.72. The third kappa shape index (κ3) is 3.82. The molecule has 0 saturated carbocycles. The van der Waals surface area contributed by atoms with E-state index < -0.39 is 6.10 Å². The average molecular weight is 387 g/mol. The first-order valence-corrected chi connectivity index (χ1v) is 9.72. The maximum absolute atomic E-state index is 12.8. The van der Waals surface area contributed by atoms with Crippen LogP contribution in [-0.2, 0) is 19.2 Å². The van der Waals surface area contributed by atoms with Crippen molar-refractivity contribution in [3.05, 3.63) is 29.8 Å². The fourth-order valence-electron chi connectivity index (χ4n) is 3.79. The fourth-order valence-corrected chi connectivity index (χ4v) is 3.79. The molecule has 3 aliphatic rings. The average Bonchev–Trinajstić information content (AvgIpc) is 3.45. The van der Waals surface area contributed by atoms with Crippen LogP contribution in [0.1, 0.15) is 24.8 Å². The Kier molecular flexibility index (Phi) is 5.47. The van der Waals surface area contributed by atoms with Crippen molar-refractivity contribution < 1.29 is 23.9 Å². The minimum absolute atomic E-state index is 0.0480. The fraction of sp³-hybridized carbons (Fsp3) is 0.550. The molecule has 1 aromatic carbocycles. The van der Waals surface area contributed by atoms with Gasteiger partial charge in [-0.25, -0.2) is 0 Å². The Morgan fingerprint density at radius 1 is 1.04 bits per heavy atom. The smallest absolute Gasteiger partial charge is 0.267 e. The first kappa shape index (κ1) is 18.7. The Morgan fingerprint density at radius 2 is 1.68 bits per heavy atom. The Hall–Kier alpha value is -2.61. The normalized spacial score (nSPS) is 24.7. The lowest BCUT2D eigenvalue weighted by Crippen LogP contribution is -2.54. The van der Waals surface area contributed by atoms with E-state index in [-0.39, 0.29) is 17.9 Å². The summed E-state index contributed by atoms with van der Waals surface area (Å²) in [4.78, 5) is 34.2. The molecule has 2 saturated heterocycles. The number of ether oxygens (including phenoxy) is 2. The second-order valence-corrected chi connectivity index (χ2v) is 7.22.